The molecule has 0 aliphatic heterocycles. The van der Waals surface area contributed by atoms with E-state index in [2.05, 4.69) is 24.0 Å². The maximum absolute atomic E-state index is 5.87. The molecule has 0 aliphatic carbocycles. The molecule has 0 bridgehead atoms. The van der Waals surface area contributed by atoms with Crippen LogP contribution in [0.2, 0.25) is 0 Å². The molecular formula is C12H15N3OS. The van der Waals surface area contributed by atoms with Crippen LogP contribution in [0.15, 0.2) is 18.2 Å². The Balaban J connectivity index is 2.36. The summed E-state index contributed by atoms with van der Waals surface area (Å²) in [6.45, 7) is 4.21. The number of ether oxygens (including phenoxy) is 1. The van der Waals surface area contributed by atoms with E-state index in [1.807, 2.05) is 18.2 Å². The molecule has 1 aromatic heterocycles. The predicted molar refractivity (Wildman–Crippen MR) is 70.4 cm³/mol. The summed E-state index contributed by atoms with van der Waals surface area (Å²) < 4.78 is 5.12. The fourth-order valence-electron chi connectivity index (χ4n) is 1.45. The molecule has 5 heteroatoms. The minimum Gasteiger partial charge on any atom is -0.495 e. The lowest BCUT2D eigenvalue weighted by molar-refractivity contribution is 0.417. The minimum absolute atomic E-state index is 0.400. The number of benzene rings is 1. The van der Waals surface area contributed by atoms with E-state index in [0.29, 0.717) is 17.4 Å². The van der Waals surface area contributed by atoms with E-state index in [1.54, 1.807) is 18.4 Å². The second-order valence-electron chi connectivity index (χ2n) is 4.06. The van der Waals surface area contributed by atoms with E-state index < -0.39 is 0 Å². The van der Waals surface area contributed by atoms with Crippen LogP contribution in [0.1, 0.15) is 24.8 Å². The first-order valence-electron chi connectivity index (χ1n) is 5.39. The normalized spacial score (nSPS) is 10.8. The Morgan fingerprint density at radius 2 is 2.06 bits per heavy atom. The molecular weight excluding hydrogens is 234 g/mol. The Labute approximate surface area is 104 Å². The third-order valence-corrected chi connectivity index (χ3v) is 3.68. The molecule has 0 saturated heterocycles. The van der Waals surface area contributed by atoms with Crippen molar-refractivity contribution in [2.24, 2.45) is 0 Å². The maximum Gasteiger partial charge on any atom is 0.147 e. The monoisotopic (exact) mass is 249 g/mol. The van der Waals surface area contributed by atoms with E-state index in [1.165, 1.54) is 0 Å². The van der Waals surface area contributed by atoms with E-state index in [-0.39, 0.29) is 0 Å². The number of nitrogens with two attached hydrogens (primary N) is 1. The summed E-state index contributed by atoms with van der Waals surface area (Å²) in [5.74, 6) is 1.08. The van der Waals surface area contributed by atoms with Crippen LogP contribution in [-0.2, 0) is 0 Å². The van der Waals surface area contributed by atoms with Gasteiger partial charge in [-0.25, -0.2) is 0 Å². The molecule has 0 amide bonds. The van der Waals surface area contributed by atoms with E-state index >= 15 is 0 Å². The molecule has 90 valence electrons. The fourth-order valence-corrected chi connectivity index (χ4v) is 2.29. The zero-order valence-corrected chi connectivity index (χ0v) is 10.9. The standard InChI is InChI=1S/C12H15N3OS/c1-7(2)11-14-15-12(17-11)8-4-5-10(16-3)9(13)6-8/h4-7H,13H2,1-3H3. The molecule has 0 radical (unpaired) electrons. The van der Waals surface area contributed by atoms with E-state index in [0.717, 1.165) is 15.6 Å². The molecule has 4 nitrogen and oxygen atoms in total. The SMILES string of the molecule is COc1ccc(-c2nnc(C(C)C)s2)cc1N. The summed E-state index contributed by atoms with van der Waals surface area (Å²) in [6, 6.07) is 5.66. The largest absolute Gasteiger partial charge is 0.495 e. The molecule has 0 unspecified atom stereocenters. The van der Waals surface area contributed by atoms with Crippen molar-refractivity contribution in [2.75, 3.05) is 12.8 Å². The summed E-state index contributed by atoms with van der Waals surface area (Å²) >= 11 is 1.60. The number of aromatic nitrogens is 2. The number of rotatable bonds is 3. The third-order valence-electron chi connectivity index (χ3n) is 2.41. The first-order chi connectivity index (χ1) is 8.11. The van der Waals surface area contributed by atoms with Crippen LogP contribution in [0.4, 0.5) is 5.69 Å². The van der Waals surface area contributed by atoms with Gasteiger partial charge >= 0.3 is 0 Å². The highest BCUT2D eigenvalue weighted by Gasteiger charge is 2.10. The Hall–Kier alpha value is -1.62. The second-order valence-corrected chi connectivity index (χ2v) is 5.07. The quantitative estimate of drug-likeness (QED) is 0.850. The molecule has 2 N–H and O–H groups in total. The Morgan fingerprint density at radius 1 is 1.29 bits per heavy atom. The molecule has 2 aromatic rings. The van der Waals surface area contributed by atoms with Crippen LogP contribution in [-0.4, -0.2) is 17.3 Å². The van der Waals surface area contributed by atoms with Crippen LogP contribution in [0.25, 0.3) is 10.6 Å². The molecule has 0 spiro atoms. The lowest BCUT2D eigenvalue weighted by atomic mass is 10.2. The summed E-state index contributed by atoms with van der Waals surface area (Å²) in [6.07, 6.45) is 0. The van der Waals surface area contributed by atoms with Gasteiger partial charge in [0.25, 0.3) is 0 Å². The number of hydrogen-bond acceptors (Lipinski definition) is 5. The Bertz CT molecular complexity index is 522. The number of methoxy groups -OCH3 is 1. The van der Waals surface area contributed by atoms with E-state index in [4.69, 9.17) is 10.5 Å². The zero-order chi connectivity index (χ0) is 12.4. The maximum atomic E-state index is 5.87. The summed E-state index contributed by atoms with van der Waals surface area (Å²) in [7, 11) is 1.60. The van der Waals surface area contributed by atoms with Gasteiger partial charge in [0.15, 0.2) is 0 Å². The first-order valence-corrected chi connectivity index (χ1v) is 6.20. The van der Waals surface area contributed by atoms with Gasteiger partial charge < -0.3 is 10.5 Å². The van der Waals surface area contributed by atoms with Gasteiger partial charge in [-0.2, -0.15) is 0 Å². The second kappa shape index (κ2) is 4.71. The smallest absolute Gasteiger partial charge is 0.147 e. The number of nitrogen functional groups attached to an aromatic ring is 1. The average molecular weight is 249 g/mol. The Morgan fingerprint density at radius 3 is 2.59 bits per heavy atom. The number of anilines is 1. The molecule has 17 heavy (non-hydrogen) atoms. The van der Waals surface area contributed by atoms with Gasteiger partial charge in [0.1, 0.15) is 15.8 Å². The molecule has 0 atom stereocenters. The van der Waals surface area contributed by atoms with Gasteiger partial charge in [-0.1, -0.05) is 25.2 Å². The number of hydrogen-bond donors (Lipinski definition) is 1. The van der Waals surface area contributed by atoms with Crippen molar-refractivity contribution < 1.29 is 4.74 Å². The van der Waals surface area contributed by atoms with Gasteiger partial charge in [-0.05, 0) is 18.2 Å². The molecule has 0 fully saturated rings. The van der Waals surface area contributed by atoms with Crippen molar-refractivity contribution in [1.29, 1.82) is 0 Å². The molecule has 0 saturated carbocycles. The van der Waals surface area contributed by atoms with Crippen LogP contribution >= 0.6 is 11.3 Å². The highest BCUT2D eigenvalue weighted by Crippen LogP contribution is 2.31. The van der Waals surface area contributed by atoms with Crippen LogP contribution in [0.5, 0.6) is 5.75 Å². The van der Waals surface area contributed by atoms with Crippen molar-refractivity contribution in [3.8, 4) is 16.3 Å². The molecule has 0 aliphatic rings. The van der Waals surface area contributed by atoms with E-state index in [9.17, 15) is 0 Å². The lowest BCUT2D eigenvalue weighted by Crippen LogP contribution is -1.92. The topological polar surface area (TPSA) is 61.0 Å². The molecule has 2 rings (SSSR count). The van der Waals surface area contributed by atoms with Crippen molar-refractivity contribution >= 4 is 17.0 Å². The third kappa shape index (κ3) is 2.39. The fraction of sp³-hybridized carbons (Fsp3) is 0.333. The van der Waals surface area contributed by atoms with Crippen molar-refractivity contribution in [1.82, 2.24) is 10.2 Å². The van der Waals surface area contributed by atoms with Crippen molar-refractivity contribution in [3.05, 3.63) is 23.2 Å². The Kier molecular flexibility index (Phi) is 3.28. The highest BCUT2D eigenvalue weighted by molar-refractivity contribution is 7.14. The predicted octanol–water partition coefficient (Wildman–Crippen LogP) is 2.92. The van der Waals surface area contributed by atoms with Crippen LogP contribution in [0.3, 0.4) is 0 Å². The molecule has 1 heterocycles. The van der Waals surface area contributed by atoms with Crippen molar-refractivity contribution in [3.63, 3.8) is 0 Å². The van der Waals surface area contributed by atoms with Gasteiger partial charge in [-0.3, -0.25) is 0 Å². The van der Waals surface area contributed by atoms with Gasteiger partial charge in [0, 0.05) is 11.5 Å². The highest BCUT2D eigenvalue weighted by atomic mass is 32.1. The zero-order valence-electron chi connectivity index (χ0n) is 10.1. The van der Waals surface area contributed by atoms with Crippen LogP contribution < -0.4 is 10.5 Å². The molecule has 1 aromatic carbocycles. The summed E-state index contributed by atoms with van der Waals surface area (Å²) in [5.41, 5.74) is 7.46. The van der Waals surface area contributed by atoms with Gasteiger partial charge in [0.05, 0.1) is 12.8 Å². The summed E-state index contributed by atoms with van der Waals surface area (Å²) in [5, 5.41) is 10.3. The number of nitrogens with zero attached hydrogens (tertiary/aromatic N) is 2. The van der Waals surface area contributed by atoms with Gasteiger partial charge in [0.2, 0.25) is 0 Å². The van der Waals surface area contributed by atoms with Crippen LogP contribution in [0, 0.1) is 0 Å². The minimum atomic E-state index is 0.400. The first kappa shape index (κ1) is 11.9. The van der Waals surface area contributed by atoms with Gasteiger partial charge in [-0.15, -0.1) is 10.2 Å². The summed E-state index contributed by atoms with van der Waals surface area (Å²) in [4.78, 5) is 0. The van der Waals surface area contributed by atoms with Crippen molar-refractivity contribution in [2.45, 2.75) is 19.8 Å². The average Bonchev–Trinajstić information content (AvgIpc) is 2.78. The lowest BCUT2D eigenvalue weighted by Gasteiger charge is -2.04.